The Morgan fingerprint density at radius 1 is 1.19 bits per heavy atom. The van der Waals surface area contributed by atoms with Crippen molar-refractivity contribution in [2.24, 2.45) is 0 Å². The Kier molecular flexibility index (Phi) is 4.08. The second-order valence-electron chi connectivity index (χ2n) is 5.34. The predicted octanol–water partition coefficient (Wildman–Crippen LogP) is 3.54. The van der Waals surface area contributed by atoms with Gasteiger partial charge in [0.1, 0.15) is 0 Å². The van der Waals surface area contributed by atoms with Gasteiger partial charge in [-0.1, -0.05) is 34.1 Å². The third-order valence-corrected chi connectivity index (χ3v) is 4.29. The molecular weight excluding hydrogens is 328 g/mol. The lowest BCUT2D eigenvalue weighted by Gasteiger charge is -2.15. The summed E-state index contributed by atoms with van der Waals surface area (Å²) in [6, 6.07) is 13.9. The minimum atomic E-state index is -0.0304. The van der Waals surface area contributed by atoms with Gasteiger partial charge in [-0.05, 0) is 47.9 Å². The molecule has 2 N–H and O–H groups in total. The highest BCUT2D eigenvalue weighted by Gasteiger charge is 2.15. The number of carbonyl (C=O) groups is 1. The van der Waals surface area contributed by atoms with Gasteiger partial charge in [-0.3, -0.25) is 4.79 Å². The highest BCUT2D eigenvalue weighted by molar-refractivity contribution is 9.10. The summed E-state index contributed by atoms with van der Waals surface area (Å²) in [4.78, 5) is 12.4. The zero-order chi connectivity index (χ0) is 14.8. The van der Waals surface area contributed by atoms with Gasteiger partial charge in [0.25, 0.3) is 5.91 Å². The van der Waals surface area contributed by atoms with Gasteiger partial charge in [0, 0.05) is 23.1 Å². The number of halogens is 1. The van der Waals surface area contributed by atoms with Crippen LogP contribution in [0.4, 0.5) is 0 Å². The monoisotopic (exact) mass is 344 g/mol. The van der Waals surface area contributed by atoms with Crippen molar-refractivity contribution in [3.05, 3.63) is 69.2 Å². The minimum absolute atomic E-state index is 0.0265. The van der Waals surface area contributed by atoms with Gasteiger partial charge >= 0.3 is 0 Å². The largest absolute Gasteiger partial charge is 0.346 e. The number of hydrogen-bond donors (Lipinski definition) is 2. The van der Waals surface area contributed by atoms with E-state index >= 15 is 0 Å². The molecule has 1 aliphatic rings. The van der Waals surface area contributed by atoms with Gasteiger partial charge in [-0.2, -0.15) is 0 Å². The molecule has 2 aromatic rings. The summed E-state index contributed by atoms with van der Waals surface area (Å²) in [6.45, 7) is 3.73. The van der Waals surface area contributed by atoms with Crippen LogP contribution in [0.15, 0.2) is 46.9 Å². The molecule has 0 spiro atoms. The summed E-state index contributed by atoms with van der Waals surface area (Å²) in [5, 5.41) is 6.34. The number of benzene rings is 2. The van der Waals surface area contributed by atoms with Gasteiger partial charge in [-0.25, -0.2) is 0 Å². The van der Waals surface area contributed by atoms with E-state index in [1.54, 1.807) is 0 Å². The average molecular weight is 345 g/mol. The van der Waals surface area contributed by atoms with E-state index in [0.717, 1.165) is 28.7 Å². The van der Waals surface area contributed by atoms with Crippen LogP contribution in [0.3, 0.4) is 0 Å². The second kappa shape index (κ2) is 6.00. The molecular formula is C17H17BrN2O. The fourth-order valence-corrected chi connectivity index (χ4v) is 2.99. The first-order chi connectivity index (χ1) is 10.1. The van der Waals surface area contributed by atoms with E-state index in [9.17, 15) is 4.79 Å². The summed E-state index contributed by atoms with van der Waals surface area (Å²) >= 11 is 3.46. The van der Waals surface area contributed by atoms with Crippen LogP contribution in [0, 0.1) is 0 Å². The highest BCUT2D eigenvalue weighted by atomic mass is 79.9. The summed E-state index contributed by atoms with van der Waals surface area (Å²) < 4.78 is 1.02. The first-order valence-corrected chi connectivity index (χ1v) is 7.81. The van der Waals surface area contributed by atoms with Crippen LogP contribution in [-0.4, -0.2) is 5.91 Å². The topological polar surface area (TPSA) is 41.1 Å². The maximum absolute atomic E-state index is 12.4. The summed E-state index contributed by atoms with van der Waals surface area (Å²) in [5.41, 5.74) is 4.31. The Hall–Kier alpha value is -1.65. The van der Waals surface area contributed by atoms with Crippen LogP contribution in [-0.2, 0) is 13.1 Å². The van der Waals surface area contributed by atoms with Crippen LogP contribution < -0.4 is 10.6 Å². The lowest BCUT2D eigenvalue weighted by molar-refractivity contribution is 0.0940. The molecule has 3 rings (SSSR count). The Morgan fingerprint density at radius 2 is 2.00 bits per heavy atom. The van der Waals surface area contributed by atoms with Crippen molar-refractivity contribution in [3.63, 3.8) is 0 Å². The predicted molar refractivity (Wildman–Crippen MR) is 87.0 cm³/mol. The number of hydrogen-bond acceptors (Lipinski definition) is 2. The van der Waals surface area contributed by atoms with Gasteiger partial charge in [0.2, 0.25) is 0 Å². The van der Waals surface area contributed by atoms with Crippen molar-refractivity contribution in [1.29, 1.82) is 0 Å². The molecule has 0 aliphatic carbocycles. The molecule has 0 saturated carbocycles. The molecule has 0 fully saturated rings. The van der Waals surface area contributed by atoms with E-state index in [-0.39, 0.29) is 11.9 Å². The molecule has 3 nitrogen and oxygen atoms in total. The molecule has 0 bridgehead atoms. The van der Waals surface area contributed by atoms with Crippen molar-refractivity contribution in [2.75, 3.05) is 0 Å². The van der Waals surface area contributed by atoms with Crippen molar-refractivity contribution in [1.82, 2.24) is 10.6 Å². The summed E-state index contributed by atoms with van der Waals surface area (Å²) in [5.74, 6) is -0.0304. The van der Waals surface area contributed by atoms with Crippen LogP contribution in [0.1, 0.15) is 40.0 Å². The minimum Gasteiger partial charge on any atom is -0.346 e. The summed E-state index contributed by atoms with van der Waals surface area (Å²) in [6.07, 6.45) is 0. The number of fused-ring (bicyclic) bond motifs is 1. The molecule has 0 radical (unpaired) electrons. The Labute approximate surface area is 132 Å². The van der Waals surface area contributed by atoms with E-state index in [0.29, 0.717) is 0 Å². The van der Waals surface area contributed by atoms with Crippen molar-refractivity contribution in [2.45, 2.75) is 26.1 Å². The highest BCUT2D eigenvalue weighted by Crippen LogP contribution is 2.20. The van der Waals surface area contributed by atoms with Crippen molar-refractivity contribution >= 4 is 21.8 Å². The Bertz CT molecular complexity index is 684. The van der Waals surface area contributed by atoms with Crippen LogP contribution >= 0.6 is 15.9 Å². The lowest BCUT2D eigenvalue weighted by atomic mass is 10.0. The molecule has 4 heteroatoms. The lowest BCUT2D eigenvalue weighted by Crippen LogP contribution is -2.26. The number of rotatable bonds is 3. The molecule has 108 valence electrons. The van der Waals surface area contributed by atoms with Crippen LogP contribution in [0.2, 0.25) is 0 Å². The molecule has 1 amide bonds. The van der Waals surface area contributed by atoms with E-state index in [1.807, 2.05) is 49.4 Å². The number of amides is 1. The molecule has 0 aromatic heterocycles. The number of carbonyl (C=O) groups excluding carboxylic acids is 1. The number of nitrogens with one attached hydrogen (secondary N) is 2. The Morgan fingerprint density at radius 3 is 2.81 bits per heavy atom. The molecule has 21 heavy (non-hydrogen) atoms. The molecule has 1 aliphatic heterocycles. The first-order valence-electron chi connectivity index (χ1n) is 7.02. The Balaban J connectivity index is 1.74. The quantitative estimate of drug-likeness (QED) is 0.893. The van der Waals surface area contributed by atoms with Gasteiger partial charge in [0.15, 0.2) is 0 Å². The molecule has 1 unspecified atom stereocenters. The molecule has 1 heterocycles. The van der Waals surface area contributed by atoms with Gasteiger partial charge in [-0.15, -0.1) is 0 Å². The normalized spacial score (nSPS) is 14.6. The van der Waals surface area contributed by atoms with E-state index in [4.69, 9.17) is 0 Å². The fourth-order valence-electron chi connectivity index (χ4n) is 2.58. The maximum atomic E-state index is 12.4. The van der Waals surface area contributed by atoms with Crippen molar-refractivity contribution in [3.8, 4) is 0 Å². The van der Waals surface area contributed by atoms with E-state index in [2.05, 4.69) is 26.6 Å². The molecule has 2 aromatic carbocycles. The first kappa shape index (κ1) is 14.3. The fraction of sp³-hybridized carbons (Fsp3) is 0.235. The smallest absolute Gasteiger partial charge is 0.251 e. The maximum Gasteiger partial charge on any atom is 0.251 e. The zero-order valence-corrected chi connectivity index (χ0v) is 13.4. The second-order valence-corrected chi connectivity index (χ2v) is 6.25. The van der Waals surface area contributed by atoms with Gasteiger partial charge < -0.3 is 10.6 Å². The van der Waals surface area contributed by atoms with Crippen LogP contribution in [0.5, 0.6) is 0 Å². The molecule has 0 saturated heterocycles. The standard InChI is InChI=1S/C17H17BrN2O/c1-11(12-3-2-4-16(18)8-12)20-17(21)13-5-6-14-9-19-10-15(14)7-13/h2-8,11,19H,9-10H2,1H3,(H,20,21). The van der Waals surface area contributed by atoms with E-state index < -0.39 is 0 Å². The SMILES string of the molecule is CC(NC(=O)c1ccc2c(c1)CNC2)c1cccc(Br)c1. The summed E-state index contributed by atoms with van der Waals surface area (Å²) in [7, 11) is 0. The van der Waals surface area contributed by atoms with Crippen molar-refractivity contribution < 1.29 is 4.79 Å². The third kappa shape index (κ3) is 3.17. The average Bonchev–Trinajstić information content (AvgIpc) is 2.94. The molecule has 1 atom stereocenters. The zero-order valence-electron chi connectivity index (χ0n) is 11.8. The van der Waals surface area contributed by atoms with Gasteiger partial charge in [0.05, 0.1) is 6.04 Å². The van der Waals surface area contributed by atoms with Crippen LogP contribution in [0.25, 0.3) is 0 Å². The van der Waals surface area contributed by atoms with E-state index in [1.165, 1.54) is 11.1 Å². The third-order valence-electron chi connectivity index (χ3n) is 3.80.